The van der Waals surface area contributed by atoms with Crippen LogP contribution in [-0.4, -0.2) is 19.1 Å². The van der Waals surface area contributed by atoms with Gasteiger partial charge < -0.3 is 0 Å². The Kier molecular flexibility index (Phi) is 1.84. The van der Waals surface area contributed by atoms with Crippen molar-refractivity contribution in [3.8, 4) is 0 Å². The summed E-state index contributed by atoms with van der Waals surface area (Å²) in [5.41, 5.74) is 0.250. The maximum atomic E-state index is 11.6. The van der Waals surface area contributed by atoms with E-state index in [1.165, 1.54) is 4.57 Å². The number of fused-ring (bicyclic) bond motifs is 1. The second kappa shape index (κ2) is 2.88. The van der Waals surface area contributed by atoms with E-state index in [1.54, 1.807) is 7.05 Å². The van der Waals surface area contributed by atoms with Gasteiger partial charge in [0, 0.05) is 25.0 Å². The van der Waals surface area contributed by atoms with Gasteiger partial charge in [-0.05, 0) is 0 Å². The summed E-state index contributed by atoms with van der Waals surface area (Å²) in [7, 11) is 1.70. The normalized spacial score (nSPS) is 10.9. The van der Waals surface area contributed by atoms with Crippen LogP contribution in [0.1, 0.15) is 12.7 Å². The minimum Gasteiger partial charge on any atom is -0.298 e. The van der Waals surface area contributed by atoms with Crippen LogP contribution < -0.4 is 5.56 Å². The molecule has 6 heteroatoms. The van der Waals surface area contributed by atoms with Crippen LogP contribution in [0.3, 0.4) is 0 Å². The molecule has 2 rings (SSSR count). The molecule has 0 saturated heterocycles. The summed E-state index contributed by atoms with van der Waals surface area (Å²) in [5.74, 6) is 0.767. The van der Waals surface area contributed by atoms with Crippen LogP contribution in [0.25, 0.3) is 10.3 Å². The Morgan fingerprint density at radius 1 is 1.54 bits per heavy atom. The van der Waals surface area contributed by atoms with E-state index in [4.69, 9.17) is 0 Å². The third kappa shape index (κ3) is 1.14. The van der Waals surface area contributed by atoms with Gasteiger partial charge in [0.05, 0.1) is 0 Å². The summed E-state index contributed by atoms with van der Waals surface area (Å²) in [5, 5.41) is 3.73. The predicted octanol–water partition coefficient (Wildman–Crippen LogP) is 0.347. The predicted molar refractivity (Wildman–Crippen MR) is 49.8 cm³/mol. The first-order valence-electron chi connectivity index (χ1n) is 3.92. The molecule has 0 spiro atoms. The lowest BCUT2D eigenvalue weighted by atomic mass is 10.4. The molecule has 0 fully saturated rings. The molecule has 0 bridgehead atoms. The minimum atomic E-state index is -0.115. The van der Waals surface area contributed by atoms with E-state index < -0.39 is 0 Å². The second-order valence-corrected chi connectivity index (χ2v) is 3.41. The molecule has 0 aliphatic rings. The molecule has 13 heavy (non-hydrogen) atoms. The Hall–Kier alpha value is -1.30. The van der Waals surface area contributed by atoms with Crippen molar-refractivity contribution in [3.05, 3.63) is 16.2 Å². The Morgan fingerprint density at radius 3 is 3.00 bits per heavy atom. The first kappa shape index (κ1) is 8.31. The Bertz CT molecular complexity index is 501. The smallest absolute Gasteiger partial charge is 0.282 e. The molecule has 0 aliphatic carbocycles. The first-order chi connectivity index (χ1) is 6.24. The van der Waals surface area contributed by atoms with Gasteiger partial charge in [0.25, 0.3) is 5.56 Å². The topological polar surface area (TPSA) is 60.7 Å². The molecule has 0 aromatic carbocycles. The van der Waals surface area contributed by atoms with Crippen molar-refractivity contribution in [2.24, 2.45) is 7.05 Å². The molecule has 0 atom stereocenters. The number of hydrogen-bond donors (Lipinski definition) is 0. The first-order valence-corrected chi connectivity index (χ1v) is 4.69. The summed E-state index contributed by atoms with van der Waals surface area (Å²) >= 11 is 1.15. The van der Waals surface area contributed by atoms with Gasteiger partial charge in [-0.25, -0.2) is 4.98 Å². The SMILES string of the molecule is CCc1nc2snnc2c(=O)n1C. The summed E-state index contributed by atoms with van der Waals surface area (Å²) in [6.45, 7) is 1.96. The lowest BCUT2D eigenvalue weighted by Crippen LogP contribution is -2.21. The van der Waals surface area contributed by atoms with Crippen molar-refractivity contribution in [1.82, 2.24) is 19.1 Å². The number of aryl methyl sites for hydroxylation is 1. The summed E-state index contributed by atoms with van der Waals surface area (Å²) in [4.78, 5) is 16.5. The van der Waals surface area contributed by atoms with Gasteiger partial charge in [-0.1, -0.05) is 11.4 Å². The molecule has 0 aliphatic heterocycles. The van der Waals surface area contributed by atoms with Gasteiger partial charge in [0.15, 0.2) is 10.3 Å². The Morgan fingerprint density at radius 2 is 2.31 bits per heavy atom. The molecule has 5 nitrogen and oxygen atoms in total. The highest BCUT2D eigenvalue weighted by atomic mass is 32.1. The van der Waals surface area contributed by atoms with Gasteiger partial charge in [0.1, 0.15) is 5.82 Å². The highest BCUT2D eigenvalue weighted by Crippen LogP contribution is 2.08. The molecule has 0 amide bonds. The van der Waals surface area contributed by atoms with E-state index >= 15 is 0 Å². The second-order valence-electron chi connectivity index (χ2n) is 2.67. The van der Waals surface area contributed by atoms with Crippen LogP contribution >= 0.6 is 11.5 Å². The number of aromatic nitrogens is 4. The fourth-order valence-electron chi connectivity index (χ4n) is 1.18. The largest absolute Gasteiger partial charge is 0.298 e. The lowest BCUT2D eigenvalue weighted by molar-refractivity contribution is 0.751. The number of nitrogens with zero attached hydrogens (tertiary/aromatic N) is 4. The van der Waals surface area contributed by atoms with Crippen molar-refractivity contribution < 1.29 is 0 Å². The maximum absolute atomic E-state index is 11.6. The molecule has 0 saturated carbocycles. The zero-order valence-electron chi connectivity index (χ0n) is 7.31. The Labute approximate surface area is 78.2 Å². The van der Waals surface area contributed by atoms with Crippen LogP contribution in [0.2, 0.25) is 0 Å². The van der Waals surface area contributed by atoms with E-state index in [2.05, 4.69) is 14.6 Å². The van der Waals surface area contributed by atoms with Gasteiger partial charge in [0.2, 0.25) is 0 Å². The van der Waals surface area contributed by atoms with E-state index in [-0.39, 0.29) is 5.56 Å². The van der Waals surface area contributed by atoms with Crippen molar-refractivity contribution >= 4 is 21.9 Å². The minimum absolute atomic E-state index is 0.115. The third-order valence-electron chi connectivity index (χ3n) is 1.91. The molecule has 2 aromatic heterocycles. The third-order valence-corrected chi connectivity index (χ3v) is 2.53. The van der Waals surface area contributed by atoms with E-state index in [9.17, 15) is 4.79 Å². The van der Waals surface area contributed by atoms with Crippen LogP contribution in [0.5, 0.6) is 0 Å². The molecule has 0 unspecified atom stereocenters. The quantitative estimate of drug-likeness (QED) is 0.660. The molecular weight excluding hydrogens is 188 g/mol. The molecule has 0 radical (unpaired) electrons. The van der Waals surface area contributed by atoms with Crippen molar-refractivity contribution in [2.75, 3.05) is 0 Å². The standard InChI is InChI=1S/C7H8N4OS/c1-3-4-8-6-5(9-10-13-6)7(12)11(4)2/h3H2,1-2H3. The summed E-state index contributed by atoms with van der Waals surface area (Å²) in [6.07, 6.45) is 0.736. The zero-order chi connectivity index (χ0) is 9.42. The molecular formula is C7H8N4OS. The molecule has 2 aromatic rings. The average Bonchev–Trinajstić information content (AvgIpc) is 2.59. The molecule has 68 valence electrons. The number of hydrogen-bond acceptors (Lipinski definition) is 5. The highest BCUT2D eigenvalue weighted by molar-refractivity contribution is 7.12. The van der Waals surface area contributed by atoms with Crippen LogP contribution in [0.4, 0.5) is 0 Å². The fraction of sp³-hybridized carbons (Fsp3) is 0.429. The number of rotatable bonds is 1. The van der Waals surface area contributed by atoms with E-state index in [0.717, 1.165) is 23.8 Å². The van der Waals surface area contributed by atoms with E-state index in [1.807, 2.05) is 6.92 Å². The van der Waals surface area contributed by atoms with Crippen molar-refractivity contribution in [2.45, 2.75) is 13.3 Å². The highest BCUT2D eigenvalue weighted by Gasteiger charge is 2.09. The Balaban J connectivity index is 2.92. The van der Waals surface area contributed by atoms with Gasteiger partial charge >= 0.3 is 0 Å². The zero-order valence-corrected chi connectivity index (χ0v) is 8.13. The van der Waals surface area contributed by atoms with Crippen molar-refractivity contribution in [3.63, 3.8) is 0 Å². The van der Waals surface area contributed by atoms with Crippen LogP contribution in [-0.2, 0) is 13.5 Å². The molecule has 0 N–H and O–H groups in total. The van der Waals surface area contributed by atoms with Gasteiger partial charge in [-0.2, -0.15) is 0 Å². The van der Waals surface area contributed by atoms with Crippen molar-refractivity contribution in [1.29, 1.82) is 0 Å². The van der Waals surface area contributed by atoms with Gasteiger partial charge in [-0.3, -0.25) is 9.36 Å². The average molecular weight is 196 g/mol. The lowest BCUT2D eigenvalue weighted by Gasteiger charge is -2.02. The fourth-order valence-corrected chi connectivity index (χ4v) is 1.74. The summed E-state index contributed by atoms with van der Waals surface area (Å²) < 4.78 is 5.21. The van der Waals surface area contributed by atoms with Crippen LogP contribution in [0, 0.1) is 0 Å². The monoisotopic (exact) mass is 196 g/mol. The van der Waals surface area contributed by atoms with E-state index in [0.29, 0.717) is 10.3 Å². The van der Waals surface area contributed by atoms with Crippen LogP contribution in [0.15, 0.2) is 4.79 Å². The van der Waals surface area contributed by atoms with Gasteiger partial charge in [-0.15, -0.1) is 5.10 Å². The summed E-state index contributed by atoms with van der Waals surface area (Å²) in [6, 6.07) is 0. The maximum Gasteiger partial charge on any atom is 0.282 e. The molecule has 2 heterocycles.